The van der Waals surface area contributed by atoms with Crippen molar-refractivity contribution in [1.82, 2.24) is 0 Å². The summed E-state index contributed by atoms with van der Waals surface area (Å²) >= 11 is 0. The maximum Gasteiger partial charge on any atom is 0.131 e. The van der Waals surface area contributed by atoms with E-state index in [1.54, 1.807) is 6.07 Å². The van der Waals surface area contributed by atoms with E-state index in [1.807, 2.05) is 18.2 Å². The van der Waals surface area contributed by atoms with Gasteiger partial charge in [0.05, 0.1) is 0 Å². The molecule has 98 valence electrons. The molecular weight excluding hydrogens is 247 g/mol. The van der Waals surface area contributed by atoms with E-state index in [1.165, 1.54) is 16.7 Å². The smallest absolute Gasteiger partial charge is 0.131 e. The summed E-state index contributed by atoms with van der Waals surface area (Å²) in [5.41, 5.74) is 5.59. The van der Waals surface area contributed by atoms with Crippen LogP contribution < -0.4 is 0 Å². The molecule has 0 heterocycles. The summed E-state index contributed by atoms with van der Waals surface area (Å²) < 4.78 is 14.3. The van der Waals surface area contributed by atoms with Crippen LogP contribution in [0.4, 0.5) is 4.39 Å². The Morgan fingerprint density at radius 2 is 1.65 bits per heavy atom. The maximum atomic E-state index is 14.3. The molecule has 0 radical (unpaired) electrons. The first-order chi connectivity index (χ1) is 9.81. The molecule has 1 heteroatoms. The average Bonchev–Trinajstić information content (AvgIpc) is 2.81. The molecule has 20 heavy (non-hydrogen) atoms. The summed E-state index contributed by atoms with van der Waals surface area (Å²) in [5.74, 6) is -0.114. The molecule has 0 nitrogen and oxygen atoms in total. The maximum absolute atomic E-state index is 14.3. The summed E-state index contributed by atoms with van der Waals surface area (Å²) in [6.07, 6.45) is 2.14. The van der Waals surface area contributed by atoms with Gasteiger partial charge >= 0.3 is 0 Å². The lowest BCUT2D eigenvalue weighted by molar-refractivity contribution is 0.633. The zero-order chi connectivity index (χ0) is 13.7. The van der Waals surface area contributed by atoms with E-state index >= 15 is 0 Å². The van der Waals surface area contributed by atoms with Crippen LogP contribution in [0.3, 0.4) is 0 Å². The molecule has 0 saturated carbocycles. The highest BCUT2D eigenvalue weighted by Crippen LogP contribution is 2.49. The minimum atomic E-state index is -0.114. The number of rotatable bonds is 2. The van der Waals surface area contributed by atoms with Gasteiger partial charge in [0.15, 0.2) is 0 Å². The Balaban J connectivity index is 2.18. The Morgan fingerprint density at radius 1 is 0.850 bits per heavy atom. The average molecular weight is 262 g/mol. The van der Waals surface area contributed by atoms with Gasteiger partial charge in [0.1, 0.15) is 5.82 Å². The van der Waals surface area contributed by atoms with Crippen molar-refractivity contribution in [2.45, 2.75) is 19.8 Å². The second-order valence-corrected chi connectivity index (χ2v) is 5.42. The van der Waals surface area contributed by atoms with Crippen molar-refractivity contribution >= 4 is 10.8 Å². The third-order valence-electron chi connectivity index (χ3n) is 4.20. The van der Waals surface area contributed by atoms with Crippen LogP contribution in [0.25, 0.3) is 33.0 Å². The minimum Gasteiger partial charge on any atom is -0.206 e. The Labute approximate surface area is 117 Å². The quantitative estimate of drug-likeness (QED) is 0.442. The summed E-state index contributed by atoms with van der Waals surface area (Å²) in [6.45, 7) is 2.18. The van der Waals surface area contributed by atoms with Crippen molar-refractivity contribution in [3.05, 3.63) is 59.9 Å². The van der Waals surface area contributed by atoms with E-state index < -0.39 is 0 Å². The van der Waals surface area contributed by atoms with Crippen LogP contribution in [0.1, 0.15) is 18.9 Å². The van der Waals surface area contributed by atoms with Gasteiger partial charge in [0.25, 0.3) is 0 Å². The molecule has 0 fully saturated rings. The molecule has 0 aromatic heterocycles. The number of benzene rings is 3. The Hall–Kier alpha value is -2.15. The normalized spacial score (nSPS) is 11.9. The molecule has 0 spiro atoms. The molecule has 0 aliphatic heterocycles. The molecule has 0 atom stereocenters. The Morgan fingerprint density at radius 3 is 2.50 bits per heavy atom. The highest BCUT2D eigenvalue weighted by molar-refractivity contribution is 6.15. The molecular formula is C19H15F. The van der Waals surface area contributed by atoms with Crippen molar-refractivity contribution in [1.29, 1.82) is 0 Å². The molecule has 3 aromatic carbocycles. The standard InChI is InChI=1S/C19H15F/c1-2-5-12-6-3-9-15-17(12)14-8-4-7-13-10-11-16(20)19(15)18(13)14/h3-4,6-11H,2,5H2,1H3. The van der Waals surface area contributed by atoms with Gasteiger partial charge in [-0.15, -0.1) is 0 Å². The lowest BCUT2D eigenvalue weighted by atomic mass is 9.95. The highest BCUT2D eigenvalue weighted by Gasteiger charge is 2.25. The molecule has 0 N–H and O–H groups in total. The predicted octanol–water partition coefficient (Wildman–Crippen LogP) is 5.58. The van der Waals surface area contributed by atoms with Crippen LogP contribution in [0.2, 0.25) is 0 Å². The van der Waals surface area contributed by atoms with Crippen molar-refractivity contribution in [3.8, 4) is 22.3 Å². The lowest BCUT2D eigenvalue weighted by Crippen LogP contribution is -1.89. The molecule has 3 aromatic rings. The Bertz CT molecular complexity index is 831. The second kappa shape index (κ2) is 4.17. The SMILES string of the molecule is CCCc1cccc2c1-c1cccc3ccc(F)c-2c13. The number of hydrogen-bond acceptors (Lipinski definition) is 0. The fourth-order valence-electron chi connectivity index (χ4n) is 3.43. The van der Waals surface area contributed by atoms with Crippen molar-refractivity contribution < 1.29 is 4.39 Å². The molecule has 0 amide bonds. The number of aryl methyl sites for hydroxylation is 1. The third kappa shape index (κ3) is 1.41. The third-order valence-corrected chi connectivity index (χ3v) is 4.20. The summed E-state index contributed by atoms with van der Waals surface area (Å²) in [7, 11) is 0. The summed E-state index contributed by atoms with van der Waals surface area (Å²) in [4.78, 5) is 0. The van der Waals surface area contributed by atoms with E-state index in [4.69, 9.17) is 0 Å². The van der Waals surface area contributed by atoms with Gasteiger partial charge in [0, 0.05) is 10.9 Å². The summed E-state index contributed by atoms with van der Waals surface area (Å²) in [5, 5.41) is 2.20. The van der Waals surface area contributed by atoms with Crippen LogP contribution in [-0.2, 0) is 6.42 Å². The zero-order valence-corrected chi connectivity index (χ0v) is 11.4. The molecule has 1 aliphatic rings. The largest absolute Gasteiger partial charge is 0.206 e. The fourth-order valence-corrected chi connectivity index (χ4v) is 3.43. The topological polar surface area (TPSA) is 0 Å². The first kappa shape index (κ1) is 11.7. The van der Waals surface area contributed by atoms with Gasteiger partial charge in [-0.25, -0.2) is 4.39 Å². The molecule has 1 aliphatic carbocycles. The van der Waals surface area contributed by atoms with Gasteiger partial charge in [-0.1, -0.05) is 55.8 Å². The van der Waals surface area contributed by atoms with Gasteiger partial charge in [-0.3, -0.25) is 0 Å². The van der Waals surface area contributed by atoms with Crippen LogP contribution >= 0.6 is 0 Å². The number of halogens is 1. The minimum absolute atomic E-state index is 0.114. The van der Waals surface area contributed by atoms with E-state index in [9.17, 15) is 4.39 Å². The number of hydrogen-bond donors (Lipinski definition) is 0. The first-order valence-electron chi connectivity index (χ1n) is 7.15. The molecule has 0 unspecified atom stereocenters. The van der Waals surface area contributed by atoms with Crippen LogP contribution in [0, 0.1) is 5.82 Å². The highest BCUT2D eigenvalue weighted by atomic mass is 19.1. The molecule has 4 rings (SSSR count). The van der Waals surface area contributed by atoms with E-state index in [-0.39, 0.29) is 5.82 Å². The van der Waals surface area contributed by atoms with Gasteiger partial charge in [-0.2, -0.15) is 0 Å². The predicted molar refractivity (Wildman–Crippen MR) is 82.3 cm³/mol. The van der Waals surface area contributed by atoms with Crippen LogP contribution in [0.5, 0.6) is 0 Å². The van der Waals surface area contributed by atoms with Crippen LogP contribution in [0.15, 0.2) is 48.5 Å². The van der Waals surface area contributed by atoms with Crippen molar-refractivity contribution in [3.63, 3.8) is 0 Å². The molecule has 0 bridgehead atoms. The van der Waals surface area contributed by atoms with Crippen molar-refractivity contribution in [2.24, 2.45) is 0 Å². The van der Waals surface area contributed by atoms with E-state index in [0.717, 1.165) is 34.7 Å². The number of fused-ring (bicyclic) bond motifs is 3. The van der Waals surface area contributed by atoms with Gasteiger partial charge < -0.3 is 0 Å². The molecule has 0 saturated heterocycles. The van der Waals surface area contributed by atoms with E-state index in [2.05, 4.69) is 31.2 Å². The van der Waals surface area contributed by atoms with Crippen LogP contribution in [-0.4, -0.2) is 0 Å². The monoisotopic (exact) mass is 262 g/mol. The van der Waals surface area contributed by atoms with E-state index in [0.29, 0.717) is 0 Å². The van der Waals surface area contributed by atoms with Crippen molar-refractivity contribution in [2.75, 3.05) is 0 Å². The van der Waals surface area contributed by atoms with Gasteiger partial charge in [0.2, 0.25) is 0 Å². The first-order valence-corrected chi connectivity index (χ1v) is 7.15. The Kier molecular flexibility index (Phi) is 2.43. The summed E-state index contributed by atoms with van der Waals surface area (Å²) in [6, 6.07) is 16.0. The lowest BCUT2D eigenvalue weighted by Gasteiger charge is -2.08. The zero-order valence-electron chi connectivity index (χ0n) is 11.4. The van der Waals surface area contributed by atoms with Gasteiger partial charge in [-0.05, 0) is 40.1 Å². The fraction of sp³-hybridized carbons (Fsp3) is 0.158. The second-order valence-electron chi connectivity index (χ2n) is 5.42.